The van der Waals surface area contributed by atoms with E-state index in [2.05, 4.69) is 28.6 Å². The molecule has 3 heteroatoms. The van der Waals surface area contributed by atoms with Crippen molar-refractivity contribution in [1.82, 2.24) is 9.55 Å². The van der Waals surface area contributed by atoms with Crippen molar-refractivity contribution in [2.45, 2.75) is 25.9 Å². The predicted molar refractivity (Wildman–Crippen MR) is 65.0 cm³/mol. The second-order valence-electron chi connectivity index (χ2n) is 3.91. The van der Waals surface area contributed by atoms with E-state index in [-0.39, 0.29) is 6.04 Å². The zero-order valence-corrected chi connectivity index (χ0v) is 9.50. The predicted octanol–water partition coefficient (Wildman–Crippen LogP) is 2.15. The van der Waals surface area contributed by atoms with Gasteiger partial charge in [0.2, 0.25) is 0 Å². The summed E-state index contributed by atoms with van der Waals surface area (Å²) in [6.45, 7) is 2.91. The topological polar surface area (TPSA) is 43.8 Å². The minimum Gasteiger partial charge on any atom is -0.333 e. The molecule has 1 heterocycles. The van der Waals surface area contributed by atoms with Crippen molar-refractivity contribution in [2.75, 3.05) is 0 Å². The van der Waals surface area contributed by atoms with Crippen molar-refractivity contribution in [3.05, 3.63) is 54.1 Å². The Morgan fingerprint density at radius 3 is 2.75 bits per heavy atom. The van der Waals surface area contributed by atoms with Crippen LogP contribution in [0.5, 0.6) is 0 Å². The van der Waals surface area contributed by atoms with Gasteiger partial charge in [0.1, 0.15) is 0 Å². The molecule has 84 valence electrons. The lowest BCUT2D eigenvalue weighted by atomic mass is 10.1. The fourth-order valence-corrected chi connectivity index (χ4v) is 1.82. The molecule has 0 aliphatic heterocycles. The first-order valence-corrected chi connectivity index (χ1v) is 5.60. The maximum Gasteiger partial charge on any atom is 0.0948 e. The molecule has 0 fully saturated rings. The van der Waals surface area contributed by atoms with Crippen LogP contribution in [0, 0.1) is 0 Å². The van der Waals surface area contributed by atoms with Crippen LogP contribution in [-0.2, 0) is 13.0 Å². The van der Waals surface area contributed by atoms with E-state index < -0.39 is 0 Å². The fourth-order valence-electron chi connectivity index (χ4n) is 1.82. The molecular formula is C13H17N3. The van der Waals surface area contributed by atoms with Crippen molar-refractivity contribution in [1.29, 1.82) is 0 Å². The van der Waals surface area contributed by atoms with Crippen molar-refractivity contribution < 1.29 is 0 Å². The number of hydrogen-bond donors (Lipinski definition) is 1. The van der Waals surface area contributed by atoms with E-state index in [9.17, 15) is 0 Å². The Balaban J connectivity index is 2.11. The molecular weight excluding hydrogens is 198 g/mol. The maximum absolute atomic E-state index is 6.16. The van der Waals surface area contributed by atoms with Gasteiger partial charge in [0.05, 0.1) is 6.33 Å². The third-order valence-electron chi connectivity index (χ3n) is 2.78. The number of rotatable bonds is 4. The normalized spacial score (nSPS) is 12.6. The Hall–Kier alpha value is -1.61. The van der Waals surface area contributed by atoms with E-state index >= 15 is 0 Å². The standard InChI is InChI=1S/C13H17N3/c1-2-12-8-15-10-16(12)9-13(14)11-6-4-3-5-7-11/h3-8,10,13H,2,9,14H2,1H3. The number of imidazole rings is 1. The summed E-state index contributed by atoms with van der Waals surface area (Å²) in [6, 6.07) is 10.2. The van der Waals surface area contributed by atoms with Crippen molar-refractivity contribution in [3.63, 3.8) is 0 Å². The largest absolute Gasteiger partial charge is 0.333 e. The lowest BCUT2D eigenvalue weighted by Gasteiger charge is -2.14. The van der Waals surface area contributed by atoms with Crippen LogP contribution in [0.3, 0.4) is 0 Å². The zero-order chi connectivity index (χ0) is 11.4. The van der Waals surface area contributed by atoms with E-state index in [1.165, 1.54) is 11.3 Å². The van der Waals surface area contributed by atoms with Crippen molar-refractivity contribution in [3.8, 4) is 0 Å². The first-order valence-electron chi connectivity index (χ1n) is 5.60. The van der Waals surface area contributed by atoms with Gasteiger partial charge in [-0.15, -0.1) is 0 Å². The molecule has 0 amide bonds. The molecule has 16 heavy (non-hydrogen) atoms. The molecule has 0 saturated heterocycles. The van der Waals surface area contributed by atoms with Crippen LogP contribution in [-0.4, -0.2) is 9.55 Å². The molecule has 1 unspecified atom stereocenters. The van der Waals surface area contributed by atoms with E-state index in [1.54, 1.807) is 0 Å². The van der Waals surface area contributed by atoms with Gasteiger partial charge in [0.25, 0.3) is 0 Å². The van der Waals surface area contributed by atoms with E-state index in [0.29, 0.717) is 0 Å². The van der Waals surface area contributed by atoms with Gasteiger partial charge in [-0.2, -0.15) is 0 Å². The summed E-state index contributed by atoms with van der Waals surface area (Å²) in [5.74, 6) is 0. The highest BCUT2D eigenvalue weighted by molar-refractivity contribution is 5.18. The lowest BCUT2D eigenvalue weighted by molar-refractivity contribution is 0.561. The first-order chi connectivity index (χ1) is 7.81. The Morgan fingerprint density at radius 2 is 2.06 bits per heavy atom. The molecule has 0 bridgehead atoms. The van der Waals surface area contributed by atoms with Gasteiger partial charge in [0.15, 0.2) is 0 Å². The van der Waals surface area contributed by atoms with Crippen molar-refractivity contribution >= 4 is 0 Å². The summed E-state index contributed by atoms with van der Waals surface area (Å²) >= 11 is 0. The highest BCUT2D eigenvalue weighted by Crippen LogP contribution is 2.13. The maximum atomic E-state index is 6.16. The third kappa shape index (κ3) is 2.31. The number of hydrogen-bond acceptors (Lipinski definition) is 2. The Kier molecular flexibility index (Phi) is 3.37. The second kappa shape index (κ2) is 4.94. The second-order valence-corrected chi connectivity index (χ2v) is 3.91. The lowest BCUT2D eigenvalue weighted by Crippen LogP contribution is -2.18. The summed E-state index contributed by atoms with van der Waals surface area (Å²) in [5, 5.41) is 0. The van der Waals surface area contributed by atoms with Gasteiger partial charge in [-0.3, -0.25) is 0 Å². The summed E-state index contributed by atoms with van der Waals surface area (Å²) in [4.78, 5) is 4.15. The van der Waals surface area contributed by atoms with E-state index in [0.717, 1.165) is 13.0 Å². The van der Waals surface area contributed by atoms with Gasteiger partial charge in [-0.1, -0.05) is 37.3 Å². The van der Waals surface area contributed by atoms with Crippen molar-refractivity contribution in [2.24, 2.45) is 5.73 Å². The summed E-state index contributed by atoms with van der Waals surface area (Å²) < 4.78 is 2.12. The van der Waals surface area contributed by atoms with Gasteiger partial charge < -0.3 is 10.3 Å². The molecule has 0 aliphatic rings. The molecule has 2 N–H and O–H groups in total. The zero-order valence-electron chi connectivity index (χ0n) is 9.50. The monoisotopic (exact) mass is 215 g/mol. The summed E-state index contributed by atoms with van der Waals surface area (Å²) in [5.41, 5.74) is 8.55. The van der Waals surface area contributed by atoms with E-state index in [4.69, 9.17) is 5.73 Å². The van der Waals surface area contributed by atoms with E-state index in [1.807, 2.05) is 30.7 Å². The molecule has 2 aromatic rings. The average molecular weight is 215 g/mol. The minimum atomic E-state index is 0.0284. The molecule has 2 rings (SSSR count). The van der Waals surface area contributed by atoms with Crippen LogP contribution in [0.4, 0.5) is 0 Å². The van der Waals surface area contributed by atoms with Gasteiger partial charge >= 0.3 is 0 Å². The van der Waals surface area contributed by atoms with Gasteiger partial charge in [-0.25, -0.2) is 4.98 Å². The molecule has 1 aromatic heterocycles. The number of benzene rings is 1. The minimum absolute atomic E-state index is 0.0284. The number of nitrogens with zero attached hydrogens (tertiary/aromatic N) is 2. The highest BCUT2D eigenvalue weighted by Gasteiger charge is 2.08. The molecule has 1 atom stereocenters. The van der Waals surface area contributed by atoms with Gasteiger partial charge in [0, 0.05) is 24.5 Å². The Bertz CT molecular complexity index is 433. The molecule has 0 saturated carbocycles. The molecule has 0 radical (unpaired) electrons. The number of aryl methyl sites for hydroxylation is 1. The average Bonchev–Trinajstić information content (AvgIpc) is 2.77. The van der Waals surface area contributed by atoms with Crippen LogP contribution >= 0.6 is 0 Å². The number of nitrogens with two attached hydrogens (primary N) is 1. The molecule has 0 spiro atoms. The number of aromatic nitrogens is 2. The summed E-state index contributed by atoms with van der Waals surface area (Å²) in [6.07, 6.45) is 4.74. The van der Waals surface area contributed by atoms with Crippen LogP contribution in [0.15, 0.2) is 42.9 Å². The van der Waals surface area contributed by atoms with Crippen LogP contribution in [0.2, 0.25) is 0 Å². The molecule has 1 aromatic carbocycles. The SMILES string of the molecule is CCc1cncn1CC(N)c1ccccc1. The molecule has 0 aliphatic carbocycles. The Labute approximate surface area is 95.9 Å². The fraction of sp³-hybridized carbons (Fsp3) is 0.308. The quantitative estimate of drug-likeness (QED) is 0.849. The smallest absolute Gasteiger partial charge is 0.0948 e. The van der Waals surface area contributed by atoms with Gasteiger partial charge in [-0.05, 0) is 12.0 Å². The highest BCUT2D eigenvalue weighted by atomic mass is 15.1. The van der Waals surface area contributed by atoms with Crippen LogP contribution < -0.4 is 5.73 Å². The van der Waals surface area contributed by atoms with Crippen LogP contribution in [0.1, 0.15) is 24.2 Å². The third-order valence-corrected chi connectivity index (χ3v) is 2.78. The summed E-state index contributed by atoms with van der Waals surface area (Å²) in [7, 11) is 0. The van der Waals surface area contributed by atoms with Crippen LogP contribution in [0.25, 0.3) is 0 Å². The molecule has 3 nitrogen and oxygen atoms in total. The Morgan fingerprint density at radius 1 is 1.31 bits per heavy atom. The first kappa shape index (κ1) is 10.9.